The van der Waals surface area contributed by atoms with E-state index in [1.807, 2.05) is 30.3 Å². The third-order valence-corrected chi connectivity index (χ3v) is 4.22. The summed E-state index contributed by atoms with van der Waals surface area (Å²) < 4.78 is 5.71. The number of hydrogen-bond acceptors (Lipinski definition) is 3. The van der Waals surface area contributed by atoms with Crippen molar-refractivity contribution in [2.24, 2.45) is 0 Å². The molecular weight excluding hydrogens is 284 g/mol. The largest absolute Gasteiger partial charge is 0.477 e. The first-order valence-corrected chi connectivity index (χ1v) is 9.25. The Balaban J connectivity index is 1.50. The molecule has 0 amide bonds. The van der Waals surface area contributed by atoms with Crippen LogP contribution in [0.15, 0.2) is 30.3 Å². The molecule has 0 N–H and O–H groups in total. The fourth-order valence-corrected chi connectivity index (χ4v) is 2.80. The molecule has 0 aliphatic heterocycles. The lowest BCUT2D eigenvalue weighted by atomic mass is 10.1. The van der Waals surface area contributed by atoms with Gasteiger partial charge in [0.25, 0.3) is 0 Å². The topological polar surface area (TPSA) is 35.0 Å². The molecule has 2 aromatic rings. The van der Waals surface area contributed by atoms with Gasteiger partial charge in [-0.2, -0.15) is 0 Å². The maximum Gasteiger partial charge on any atom is 0.234 e. The van der Waals surface area contributed by atoms with E-state index in [0.29, 0.717) is 5.88 Å². The van der Waals surface area contributed by atoms with E-state index in [2.05, 4.69) is 17.1 Å². The Morgan fingerprint density at radius 1 is 0.783 bits per heavy atom. The van der Waals surface area contributed by atoms with Crippen molar-refractivity contribution in [3.8, 4) is 5.88 Å². The van der Waals surface area contributed by atoms with Gasteiger partial charge < -0.3 is 4.74 Å². The predicted octanol–water partition coefficient (Wildman–Crippen LogP) is 5.93. The van der Waals surface area contributed by atoms with Crippen molar-refractivity contribution in [2.45, 2.75) is 71.1 Å². The Hall–Kier alpha value is -1.64. The molecule has 1 aromatic heterocycles. The third kappa shape index (κ3) is 6.98. The lowest BCUT2D eigenvalue weighted by molar-refractivity contribution is 0.290. The van der Waals surface area contributed by atoms with Crippen LogP contribution in [0.5, 0.6) is 5.88 Å². The minimum atomic E-state index is 0.639. The SMILES string of the molecule is CCCCCCCCCCCCOc1cc2ccccc2nn1. The molecule has 0 spiro atoms. The van der Waals surface area contributed by atoms with Crippen LogP contribution in [0.4, 0.5) is 0 Å². The molecule has 0 atom stereocenters. The maximum atomic E-state index is 5.71. The van der Waals surface area contributed by atoms with Gasteiger partial charge in [-0.1, -0.05) is 82.9 Å². The average molecular weight is 314 g/mol. The second-order valence-corrected chi connectivity index (χ2v) is 6.27. The standard InChI is InChI=1S/C20H30N2O/c1-2-3-4-5-6-7-8-9-10-13-16-23-20-17-18-14-11-12-15-19(18)21-22-20/h11-12,14-15,17H,2-10,13,16H2,1H3. The summed E-state index contributed by atoms with van der Waals surface area (Å²) in [5.74, 6) is 0.639. The van der Waals surface area contributed by atoms with Gasteiger partial charge >= 0.3 is 0 Å². The van der Waals surface area contributed by atoms with Crippen LogP contribution in [-0.2, 0) is 0 Å². The molecule has 23 heavy (non-hydrogen) atoms. The Kier molecular flexibility index (Phi) is 8.46. The van der Waals surface area contributed by atoms with E-state index in [1.54, 1.807) is 0 Å². The van der Waals surface area contributed by atoms with E-state index in [9.17, 15) is 0 Å². The summed E-state index contributed by atoms with van der Waals surface area (Å²) in [5, 5.41) is 9.38. The highest BCUT2D eigenvalue weighted by Gasteiger charge is 2.00. The Morgan fingerprint density at radius 3 is 2.17 bits per heavy atom. The number of aromatic nitrogens is 2. The summed E-state index contributed by atoms with van der Waals surface area (Å²) in [6.45, 7) is 3.01. The van der Waals surface area contributed by atoms with E-state index >= 15 is 0 Å². The van der Waals surface area contributed by atoms with Crippen molar-refractivity contribution in [3.63, 3.8) is 0 Å². The molecule has 3 nitrogen and oxygen atoms in total. The maximum absolute atomic E-state index is 5.71. The zero-order valence-electron chi connectivity index (χ0n) is 14.5. The van der Waals surface area contributed by atoms with E-state index in [1.165, 1.54) is 57.8 Å². The predicted molar refractivity (Wildman–Crippen MR) is 96.9 cm³/mol. The highest BCUT2D eigenvalue weighted by molar-refractivity contribution is 5.78. The van der Waals surface area contributed by atoms with Crippen LogP contribution in [-0.4, -0.2) is 16.8 Å². The fourth-order valence-electron chi connectivity index (χ4n) is 2.80. The molecule has 0 aliphatic carbocycles. The minimum Gasteiger partial charge on any atom is -0.477 e. The quantitative estimate of drug-likeness (QED) is 0.455. The van der Waals surface area contributed by atoms with Gasteiger partial charge in [-0.3, -0.25) is 0 Å². The number of rotatable bonds is 12. The van der Waals surface area contributed by atoms with Gasteiger partial charge in [-0.05, 0) is 12.5 Å². The first kappa shape index (κ1) is 17.7. The van der Waals surface area contributed by atoms with E-state index < -0.39 is 0 Å². The number of nitrogens with zero attached hydrogens (tertiary/aromatic N) is 2. The van der Waals surface area contributed by atoms with Gasteiger partial charge in [0, 0.05) is 11.5 Å². The zero-order valence-corrected chi connectivity index (χ0v) is 14.5. The zero-order chi connectivity index (χ0) is 16.2. The third-order valence-electron chi connectivity index (χ3n) is 4.22. The second-order valence-electron chi connectivity index (χ2n) is 6.27. The highest BCUT2D eigenvalue weighted by atomic mass is 16.5. The van der Waals surface area contributed by atoms with Crippen molar-refractivity contribution >= 4 is 10.9 Å². The molecule has 0 unspecified atom stereocenters. The molecule has 0 radical (unpaired) electrons. The summed E-state index contributed by atoms with van der Waals surface area (Å²) in [6.07, 6.45) is 13.4. The number of benzene rings is 1. The number of ether oxygens (including phenoxy) is 1. The van der Waals surface area contributed by atoms with Gasteiger partial charge in [-0.25, -0.2) is 0 Å². The first-order chi connectivity index (χ1) is 11.4. The average Bonchev–Trinajstić information content (AvgIpc) is 2.59. The van der Waals surface area contributed by atoms with Crippen molar-refractivity contribution < 1.29 is 4.74 Å². The van der Waals surface area contributed by atoms with Crippen molar-refractivity contribution in [1.82, 2.24) is 10.2 Å². The smallest absolute Gasteiger partial charge is 0.234 e. The Morgan fingerprint density at radius 2 is 1.43 bits per heavy atom. The Bertz CT molecular complexity index is 556. The molecule has 1 heterocycles. The van der Waals surface area contributed by atoms with Crippen molar-refractivity contribution in [2.75, 3.05) is 6.61 Å². The van der Waals surface area contributed by atoms with Gasteiger partial charge in [-0.15, -0.1) is 10.2 Å². The first-order valence-electron chi connectivity index (χ1n) is 9.25. The minimum absolute atomic E-state index is 0.639. The number of unbranched alkanes of at least 4 members (excludes halogenated alkanes) is 9. The van der Waals surface area contributed by atoms with E-state index in [-0.39, 0.29) is 0 Å². The van der Waals surface area contributed by atoms with Gasteiger partial charge in [0.05, 0.1) is 12.1 Å². The van der Waals surface area contributed by atoms with Crippen LogP contribution in [0.25, 0.3) is 10.9 Å². The van der Waals surface area contributed by atoms with Crippen LogP contribution < -0.4 is 4.74 Å². The molecule has 1 aromatic carbocycles. The molecular formula is C20H30N2O. The molecule has 0 saturated heterocycles. The lowest BCUT2D eigenvalue weighted by Gasteiger charge is -2.05. The van der Waals surface area contributed by atoms with Crippen LogP contribution in [0, 0.1) is 0 Å². The van der Waals surface area contributed by atoms with Crippen LogP contribution in [0.1, 0.15) is 71.1 Å². The molecule has 2 rings (SSSR count). The molecule has 126 valence electrons. The highest BCUT2D eigenvalue weighted by Crippen LogP contribution is 2.16. The van der Waals surface area contributed by atoms with Crippen LogP contribution in [0.2, 0.25) is 0 Å². The van der Waals surface area contributed by atoms with Gasteiger partial charge in [0.15, 0.2) is 0 Å². The number of fused-ring (bicyclic) bond motifs is 1. The summed E-state index contributed by atoms with van der Waals surface area (Å²) in [7, 11) is 0. The second kappa shape index (κ2) is 11.0. The fraction of sp³-hybridized carbons (Fsp3) is 0.600. The number of hydrogen-bond donors (Lipinski definition) is 0. The summed E-state index contributed by atoms with van der Waals surface area (Å²) in [5.41, 5.74) is 0.916. The van der Waals surface area contributed by atoms with Gasteiger partial charge in [0.2, 0.25) is 5.88 Å². The molecule has 0 fully saturated rings. The Labute approximate surface area is 140 Å². The van der Waals surface area contributed by atoms with Crippen LogP contribution >= 0.6 is 0 Å². The van der Waals surface area contributed by atoms with E-state index in [4.69, 9.17) is 4.74 Å². The van der Waals surface area contributed by atoms with Crippen LogP contribution in [0.3, 0.4) is 0 Å². The normalized spacial score (nSPS) is 11.0. The monoisotopic (exact) mass is 314 g/mol. The molecule has 0 aliphatic rings. The summed E-state index contributed by atoms with van der Waals surface area (Å²) >= 11 is 0. The summed E-state index contributed by atoms with van der Waals surface area (Å²) in [6, 6.07) is 9.96. The van der Waals surface area contributed by atoms with Crippen molar-refractivity contribution in [1.29, 1.82) is 0 Å². The van der Waals surface area contributed by atoms with E-state index in [0.717, 1.165) is 23.9 Å². The molecule has 3 heteroatoms. The molecule has 0 saturated carbocycles. The summed E-state index contributed by atoms with van der Waals surface area (Å²) in [4.78, 5) is 0. The van der Waals surface area contributed by atoms with Crippen molar-refractivity contribution in [3.05, 3.63) is 30.3 Å². The lowest BCUT2D eigenvalue weighted by Crippen LogP contribution is -2.00. The molecule has 0 bridgehead atoms. The van der Waals surface area contributed by atoms with Gasteiger partial charge in [0.1, 0.15) is 0 Å².